The average molecular weight is 449 g/mol. The summed E-state index contributed by atoms with van der Waals surface area (Å²) in [4.78, 5) is 21.5. The van der Waals surface area contributed by atoms with Gasteiger partial charge >= 0.3 is 0 Å². The second-order valence-corrected chi connectivity index (χ2v) is 7.82. The lowest BCUT2D eigenvalue weighted by atomic mass is 10.2. The van der Waals surface area contributed by atoms with Gasteiger partial charge in [0.25, 0.3) is 0 Å². The number of rotatable bonds is 5. The number of carbonyl (C=O) groups is 1. The predicted octanol–water partition coefficient (Wildman–Crippen LogP) is 3.83. The van der Waals surface area contributed by atoms with Crippen LogP contribution in [0.1, 0.15) is 34.2 Å². The van der Waals surface area contributed by atoms with Gasteiger partial charge in [-0.1, -0.05) is 0 Å². The zero-order valence-electron chi connectivity index (χ0n) is 18.7. The average Bonchev–Trinajstić information content (AvgIpc) is 3.43. The van der Waals surface area contributed by atoms with Gasteiger partial charge in [0.05, 0.1) is 22.3 Å². The molecule has 0 aliphatic heterocycles. The molecule has 4 heterocycles. The van der Waals surface area contributed by atoms with Crippen LogP contribution >= 0.6 is 0 Å². The molecule has 5 rings (SSSR count). The van der Waals surface area contributed by atoms with E-state index in [0.717, 1.165) is 22.4 Å². The van der Waals surface area contributed by atoms with Crippen molar-refractivity contribution in [2.45, 2.75) is 20.8 Å². The Kier molecular flexibility index (Phi) is 5.07. The standard InChI is InChI=1S/C24H19N9O/c1-14-12-33(31-20(14)11-25)24-18(16(3)34)6-9-23(28-24)32-13-26-19-7-5-17(10-21(19)32)27-22-8-4-15(2)29-30-22/h4-10,12-13H,1-3H3,(H,27,30). The van der Waals surface area contributed by atoms with Gasteiger partial charge in [0.1, 0.15) is 18.2 Å². The molecule has 34 heavy (non-hydrogen) atoms. The highest BCUT2D eigenvalue weighted by molar-refractivity contribution is 5.97. The summed E-state index contributed by atoms with van der Waals surface area (Å²) in [5.74, 6) is 1.38. The normalized spacial score (nSPS) is 10.9. The molecule has 0 aliphatic carbocycles. The first-order chi connectivity index (χ1) is 16.4. The van der Waals surface area contributed by atoms with E-state index in [-0.39, 0.29) is 11.5 Å². The number of hydrogen-bond acceptors (Lipinski definition) is 8. The minimum Gasteiger partial charge on any atom is -0.339 e. The maximum atomic E-state index is 12.3. The molecule has 1 aromatic carbocycles. The van der Waals surface area contributed by atoms with Gasteiger partial charge in [0, 0.05) is 17.4 Å². The molecule has 10 heteroatoms. The van der Waals surface area contributed by atoms with E-state index in [9.17, 15) is 10.1 Å². The minimum absolute atomic E-state index is 0.151. The number of nitriles is 1. The molecule has 166 valence electrons. The van der Waals surface area contributed by atoms with Crippen LogP contribution in [-0.4, -0.2) is 40.3 Å². The van der Waals surface area contributed by atoms with Crippen molar-refractivity contribution >= 4 is 28.3 Å². The van der Waals surface area contributed by atoms with E-state index in [2.05, 4.69) is 31.7 Å². The van der Waals surface area contributed by atoms with Crippen LogP contribution < -0.4 is 5.32 Å². The highest BCUT2D eigenvalue weighted by Gasteiger charge is 2.17. The molecule has 1 N–H and O–H groups in total. The van der Waals surface area contributed by atoms with Crippen LogP contribution in [0.3, 0.4) is 0 Å². The first-order valence-corrected chi connectivity index (χ1v) is 10.5. The number of aromatic nitrogens is 7. The second-order valence-electron chi connectivity index (χ2n) is 7.82. The van der Waals surface area contributed by atoms with Crippen molar-refractivity contribution in [2.24, 2.45) is 0 Å². The van der Waals surface area contributed by atoms with Crippen LogP contribution in [0.25, 0.3) is 22.7 Å². The molecule has 0 atom stereocenters. The number of anilines is 2. The molecule has 0 radical (unpaired) electrons. The lowest BCUT2D eigenvalue weighted by Crippen LogP contribution is -2.09. The van der Waals surface area contributed by atoms with E-state index in [1.807, 2.05) is 41.8 Å². The van der Waals surface area contributed by atoms with Crippen LogP contribution in [0, 0.1) is 25.2 Å². The summed E-state index contributed by atoms with van der Waals surface area (Å²) in [6, 6.07) is 15.0. The third-order valence-corrected chi connectivity index (χ3v) is 5.32. The number of aryl methyl sites for hydroxylation is 2. The maximum absolute atomic E-state index is 12.3. The fourth-order valence-corrected chi connectivity index (χ4v) is 3.58. The zero-order chi connectivity index (χ0) is 23.8. The van der Waals surface area contributed by atoms with Gasteiger partial charge in [0.2, 0.25) is 0 Å². The summed E-state index contributed by atoms with van der Waals surface area (Å²) in [6.45, 7) is 5.14. The summed E-state index contributed by atoms with van der Waals surface area (Å²) < 4.78 is 3.30. The second kappa shape index (κ2) is 8.22. The Bertz CT molecular complexity index is 1590. The molecule has 0 spiro atoms. The molecular weight excluding hydrogens is 430 g/mol. The largest absolute Gasteiger partial charge is 0.339 e. The number of hydrogen-bond donors (Lipinski definition) is 1. The Morgan fingerprint density at radius 3 is 2.65 bits per heavy atom. The lowest BCUT2D eigenvalue weighted by molar-refractivity contribution is 0.101. The number of pyridine rings is 1. The summed E-state index contributed by atoms with van der Waals surface area (Å²) in [6.07, 6.45) is 3.36. The van der Waals surface area contributed by atoms with E-state index < -0.39 is 0 Å². The number of carbonyl (C=O) groups excluding carboxylic acids is 1. The van der Waals surface area contributed by atoms with Gasteiger partial charge in [-0.2, -0.15) is 15.5 Å². The topological polar surface area (TPSA) is 127 Å². The third-order valence-electron chi connectivity index (χ3n) is 5.32. The highest BCUT2D eigenvalue weighted by Crippen LogP contribution is 2.24. The maximum Gasteiger partial charge on any atom is 0.166 e. The van der Waals surface area contributed by atoms with Crippen molar-refractivity contribution in [1.29, 1.82) is 5.26 Å². The molecular formula is C24H19N9O. The first kappa shape index (κ1) is 21.0. The van der Waals surface area contributed by atoms with Crippen molar-refractivity contribution < 1.29 is 4.79 Å². The van der Waals surface area contributed by atoms with Crippen molar-refractivity contribution in [2.75, 3.05) is 5.32 Å². The highest BCUT2D eigenvalue weighted by atomic mass is 16.1. The minimum atomic E-state index is -0.151. The Hall–Kier alpha value is -4.91. The molecule has 0 amide bonds. The van der Waals surface area contributed by atoms with Crippen LogP contribution in [0.2, 0.25) is 0 Å². The van der Waals surface area contributed by atoms with Gasteiger partial charge in [0.15, 0.2) is 23.1 Å². The third kappa shape index (κ3) is 3.75. The molecule has 0 fully saturated rings. The summed E-state index contributed by atoms with van der Waals surface area (Å²) >= 11 is 0. The molecule has 0 aliphatic rings. The van der Waals surface area contributed by atoms with Gasteiger partial charge in [-0.15, -0.1) is 5.10 Å². The van der Waals surface area contributed by atoms with Crippen LogP contribution in [-0.2, 0) is 0 Å². The van der Waals surface area contributed by atoms with Crippen molar-refractivity contribution in [3.05, 3.63) is 77.5 Å². The monoisotopic (exact) mass is 449 g/mol. The Balaban J connectivity index is 1.59. The van der Waals surface area contributed by atoms with Crippen LogP contribution in [0.15, 0.2) is 55.0 Å². The molecule has 4 aromatic heterocycles. The Morgan fingerprint density at radius 2 is 1.94 bits per heavy atom. The number of fused-ring (bicyclic) bond motifs is 1. The Labute approximate surface area is 194 Å². The molecule has 0 saturated carbocycles. The van der Waals surface area contributed by atoms with Gasteiger partial charge in [-0.05, 0) is 63.2 Å². The predicted molar refractivity (Wildman–Crippen MR) is 125 cm³/mol. The summed E-state index contributed by atoms with van der Waals surface area (Å²) in [5, 5.41) is 25.0. The van der Waals surface area contributed by atoms with Crippen molar-refractivity contribution in [3.8, 4) is 17.7 Å². The van der Waals surface area contributed by atoms with Crippen molar-refractivity contribution in [3.63, 3.8) is 0 Å². The molecule has 5 aromatic rings. The number of nitrogens with zero attached hydrogens (tertiary/aromatic N) is 8. The Morgan fingerprint density at radius 1 is 1.09 bits per heavy atom. The lowest BCUT2D eigenvalue weighted by Gasteiger charge is -2.11. The van der Waals surface area contributed by atoms with Crippen LogP contribution in [0.5, 0.6) is 0 Å². The zero-order valence-corrected chi connectivity index (χ0v) is 18.7. The van der Waals surface area contributed by atoms with E-state index in [1.165, 1.54) is 11.6 Å². The number of benzene rings is 1. The van der Waals surface area contributed by atoms with Gasteiger partial charge in [-0.25, -0.2) is 14.6 Å². The van der Waals surface area contributed by atoms with Gasteiger partial charge < -0.3 is 5.32 Å². The molecule has 10 nitrogen and oxygen atoms in total. The van der Waals surface area contributed by atoms with E-state index >= 15 is 0 Å². The number of ketones is 1. The summed E-state index contributed by atoms with van der Waals surface area (Å²) in [5.41, 5.74) is 4.63. The van der Waals surface area contributed by atoms with E-state index in [1.54, 1.807) is 31.6 Å². The fraction of sp³-hybridized carbons (Fsp3) is 0.125. The molecule has 0 bridgehead atoms. The SMILES string of the molecule is CC(=O)c1ccc(-n2cnc3ccc(Nc4ccc(C)nn4)cc32)nc1-n1cc(C)c(C#N)n1. The quantitative estimate of drug-likeness (QED) is 0.401. The fourth-order valence-electron chi connectivity index (χ4n) is 3.58. The van der Waals surface area contributed by atoms with Crippen LogP contribution in [0.4, 0.5) is 11.5 Å². The smallest absolute Gasteiger partial charge is 0.166 e. The number of nitrogens with one attached hydrogen (secondary N) is 1. The van der Waals surface area contributed by atoms with Gasteiger partial charge in [-0.3, -0.25) is 9.36 Å². The number of Topliss-reactive ketones (excluding diaryl/α,β-unsaturated/α-hetero) is 1. The molecule has 0 saturated heterocycles. The first-order valence-electron chi connectivity index (χ1n) is 10.5. The summed E-state index contributed by atoms with van der Waals surface area (Å²) in [7, 11) is 0. The van der Waals surface area contributed by atoms with E-state index in [0.29, 0.717) is 28.6 Å². The van der Waals surface area contributed by atoms with E-state index in [4.69, 9.17) is 4.98 Å². The number of imidazole rings is 1. The van der Waals surface area contributed by atoms with Crippen molar-refractivity contribution in [1.82, 2.24) is 34.5 Å². The molecule has 0 unspecified atom stereocenters.